The molecule has 1 aliphatic heterocycles. The first kappa shape index (κ1) is 19.3. The van der Waals surface area contributed by atoms with Crippen molar-refractivity contribution in [1.82, 2.24) is 14.5 Å². The molecule has 1 aromatic heterocycles. The number of aromatic nitrogens is 2. The van der Waals surface area contributed by atoms with Gasteiger partial charge in [-0.1, -0.05) is 12.1 Å². The van der Waals surface area contributed by atoms with Crippen molar-refractivity contribution < 1.29 is 9.90 Å². The third-order valence-electron chi connectivity index (χ3n) is 5.64. The smallest absolute Gasteiger partial charge is 0.265 e. The van der Waals surface area contributed by atoms with Crippen LogP contribution >= 0.6 is 0 Å². The number of amides is 1. The van der Waals surface area contributed by atoms with Gasteiger partial charge >= 0.3 is 0 Å². The lowest BCUT2D eigenvalue weighted by molar-refractivity contribution is 0.000336. The standard InChI is InChI=1S/C23H25N3O3/c1-15-24-19-8-5-4-7-18(19)22(28)26(15)17-12-10-16(11-13-17)21(27)25-14-6-9-20(25)23(2,3)29/h4-5,7-8,10-13,20,29H,6,9,14H2,1-3H3. The second kappa shape index (κ2) is 7.12. The molecule has 1 unspecified atom stereocenters. The Morgan fingerprint density at radius 3 is 2.52 bits per heavy atom. The first-order valence-corrected chi connectivity index (χ1v) is 9.89. The first-order chi connectivity index (χ1) is 13.8. The third kappa shape index (κ3) is 3.44. The molecule has 29 heavy (non-hydrogen) atoms. The highest BCUT2D eigenvalue weighted by Gasteiger charge is 2.38. The number of hydrogen-bond acceptors (Lipinski definition) is 4. The van der Waals surface area contributed by atoms with Crippen molar-refractivity contribution in [3.05, 3.63) is 70.3 Å². The zero-order chi connectivity index (χ0) is 20.8. The lowest BCUT2D eigenvalue weighted by Gasteiger charge is -2.33. The zero-order valence-electron chi connectivity index (χ0n) is 16.9. The second-order valence-corrected chi connectivity index (χ2v) is 8.17. The molecular formula is C23H25N3O3. The number of carbonyl (C=O) groups excluding carboxylic acids is 1. The average molecular weight is 391 g/mol. The van der Waals surface area contributed by atoms with Crippen molar-refractivity contribution in [3.8, 4) is 5.69 Å². The Morgan fingerprint density at radius 2 is 1.83 bits per heavy atom. The van der Waals surface area contributed by atoms with E-state index in [1.165, 1.54) is 0 Å². The number of benzene rings is 2. The fourth-order valence-corrected chi connectivity index (χ4v) is 4.21. The summed E-state index contributed by atoms with van der Waals surface area (Å²) in [5, 5.41) is 10.9. The maximum Gasteiger partial charge on any atom is 0.265 e. The van der Waals surface area contributed by atoms with Gasteiger partial charge in [-0.05, 0) is 70.0 Å². The van der Waals surface area contributed by atoms with Crippen LogP contribution < -0.4 is 5.56 Å². The summed E-state index contributed by atoms with van der Waals surface area (Å²) in [5.74, 6) is 0.497. The van der Waals surface area contributed by atoms with E-state index >= 15 is 0 Å². The molecule has 0 saturated carbocycles. The molecular weight excluding hydrogens is 366 g/mol. The Kier molecular flexibility index (Phi) is 4.74. The maximum atomic E-state index is 13.0. The molecule has 6 nitrogen and oxygen atoms in total. The Bertz CT molecular complexity index is 1130. The second-order valence-electron chi connectivity index (χ2n) is 8.17. The Hall–Kier alpha value is -2.99. The molecule has 1 amide bonds. The SMILES string of the molecule is Cc1nc2ccccc2c(=O)n1-c1ccc(C(=O)N2CCCC2C(C)(C)O)cc1. The minimum atomic E-state index is -0.937. The number of rotatable bonds is 3. The fraction of sp³-hybridized carbons (Fsp3) is 0.348. The van der Waals surface area contributed by atoms with Gasteiger partial charge in [-0.3, -0.25) is 14.2 Å². The predicted octanol–water partition coefficient (Wildman–Crippen LogP) is 3.07. The van der Waals surface area contributed by atoms with E-state index < -0.39 is 5.60 Å². The van der Waals surface area contributed by atoms with Crippen molar-refractivity contribution in [3.63, 3.8) is 0 Å². The van der Waals surface area contributed by atoms with E-state index in [9.17, 15) is 14.7 Å². The van der Waals surface area contributed by atoms with Crippen LogP contribution in [0.1, 0.15) is 42.9 Å². The van der Waals surface area contributed by atoms with E-state index in [0.717, 1.165) is 12.8 Å². The number of para-hydroxylation sites is 1. The van der Waals surface area contributed by atoms with Gasteiger partial charge in [0.2, 0.25) is 0 Å². The molecule has 0 aliphatic carbocycles. The highest BCUT2D eigenvalue weighted by molar-refractivity contribution is 5.95. The molecule has 6 heteroatoms. The maximum absolute atomic E-state index is 13.0. The normalized spacial score (nSPS) is 17.1. The lowest BCUT2D eigenvalue weighted by atomic mass is 9.96. The van der Waals surface area contributed by atoms with Crippen LogP contribution in [-0.4, -0.2) is 43.7 Å². The summed E-state index contributed by atoms with van der Waals surface area (Å²) in [5.41, 5.74) is 0.818. The number of fused-ring (bicyclic) bond motifs is 1. The Labute approximate surface area is 169 Å². The molecule has 1 N–H and O–H groups in total. The third-order valence-corrected chi connectivity index (χ3v) is 5.64. The quantitative estimate of drug-likeness (QED) is 0.745. The van der Waals surface area contributed by atoms with E-state index in [2.05, 4.69) is 4.98 Å². The van der Waals surface area contributed by atoms with E-state index in [4.69, 9.17) is 0 Å². The predicted molar refractivity (Wildman–Crippen MR) is 112 cm³/mol. The summed E-state index contributed by atoms with van der Waals surface area (Å²) in [4.78, 5) is 32.2. The number of hydrogen-bond donors (Lipinski definition) is 1. The molecule has 1 atom stereocenters. The van der Waals surface area contributed by atoms with Crippen molar-refractivity contribution in [1.29, 1.82) is 0 Å². The van der Waals surface area contributed by atoms with E-state index in [-0.39, 0.29) is 17.5 Å². The van der Waals surface area contributed by atoms with Gasteiger partial charge in [0, 0.05) is 12.1 Å². The van der Waals surface area contributed by atoms with Crippen LogP contribution in [0.3, 0.4) is 0 Å². The number of aryl methyl sites for hydroxylation is 1. The zero-order valence-corrected chi connectivity index (χ0v) is 16.9. The summed E-state index contributed by atoms with van der Waals surface area (Å²) in [6, 6.07) is 14.1. The van der Waals surface area contributed by atoms with Crippen molar-refractivity contribution in [2.24, 2.45) is 0 Å². The Morgan fingerprint density at radius 1 is 1.14 bits per heavy atom. The van der Waals surface area contributed by atoms with Gasteiger partial charge < -0.3 is 10.0 Å². The molecule has 150 valence electrons. The monoisotopic (exact) mass is 391 g/mol. The van der Waals surface area contributed by atoms with Gasteiger partial charge in [0.05, 0.1) is 28.2 Å². The molecule has 0 radical (unpaired) electrons. The van der Waals surface area contributed by atoms with Gasteiger partial charge in [-0.15, -0.1) is 0 Å². The molecule has 4 rings (SSSR count). The number of aliphatic hydroxyl groups is 1. The molecule has 2 aromatic carbocycles. The van der Waals surface area contributed by atoms with Gasteiger partial charge in [0.25, 0.3) is 11.5 Å². The van der Waals surface area contributed by atoms with E-state index in [0.29, 0.717) is 34.5 Å². The molecule has 1 aliphatic rings. The Balaban J connectivity index is 1.68. The molecule has 2 heterocycles. The average Bonchev–Trinajstić information content (AvgIpc) is 3.18. The summed E-state index contributed by atoms with van der Waals surface area (Å²) in [6.07, 6.45) is 1.68. The van der Waals surface area contributed by atoms with Crippen molar-refractivity contribution in [2.45, 2.75) is 45.3 Å². The molecule has 0 bridgehead atoms. The minimum absolute atomic E-state index is 0.0955. The number of likely N-dealkylation sites (tertiary alicyclic amines) is 1. The van der Waals surface area contributed by atoms with Crippen molar-refractivity contribution in [2.75, 3.05) is 6.54 Å². The van der Waals surface area contributed by atoms with E-state index in [1.54, 1.807) is 60.6 Å². The summed E-state index contributed by atoms with van der Waals surface area (Å²) < 4.78 is 1.56. The minimum Gasteiger partial charge on any atom is -0.388 e. The van der Waals surface area contributed by atoms with Gasteiger partial charge in [-0.25, -0.2) is 4.98 Å². The van der Waals surface area contributed by atoms with Crippen LogP contribution in [0.2, 0.25) is 0 Å². The molecule has 1 fully saturated rings. The van der Waals surface area contributed by atoms with Crippen molar-refractivity contribution >= 4 is 16.8 Å². The highest BCUT2D eigenvalue weighted by atomic mass is 16.3. The largest absolute Gasteiger partial charge is 0.388 e. The lowest BCUT2D eigenvalue weighted by Crippen LogP contribution is -2.48. The summed E-state index contributed by atoms with van der Waals surface area (Å²) >= 11 is 0. The fourth-order valence-electron chi connectivity index (χ4n) is 4.21. The highest BCUT2D eigenvalue weighted by Crippen LogP contribution is 2.28. The number of carbonyl (C=O) groups is 1. The van der Waals surface area contributed by atoms with Gasteiger partial charge in [-0.2, -0.15) is 0 Å². The first-order valence-electron chi connectivity index (χ1n) is 9.89. The molecule has 3 aromatic rings. The van der Waals surface area contributed by atoms with Crippen LogP contribution in [0.4, 0.5) is 0 Å². The van der Waals surface area contributed by atoms with Crippen LogP contribution in [0, 0.1) is 6.92 Å². The van der Waals surface area contributed by atoms with Gasteiger partial charge in [0.1, 0.15) is 5.82 Å². The van der Waals surface area contributed by atoms with Gasteiger partial charge in [0.15, 0.2) is 0 Å². The van der Waals surface area contributed by atoms with Crippen LogP contribution in [0.25, 0.3) is 16.6 Å². The van der Waals surface area contributed by atoms with Crippen LogP contribution in [0.15, 0.2) is 53.3 Å². The van der Waals surface area contributed by atoms with Crippen LogP contribution in [0.5, 0.6) is 0 Å². The molecule has 1 saturated heterocycles. The summed E-state index contributed by atoms with van der Waals surface area (Å²) in [7, 11) is 0. The van der Waals surface area contributed by atoms with Crippen LogP contribution in [-0.2, 0) is 0 Å². The van der Waals surface area contributed by atoms with E-state index in [1.807, 2.05) is 18.2 Å². The number of nitrogens with zero attached hydrogens (tertiary/aromatic N) is 3. The topological polar surface area (TPSA) is 75.4 Å². The molecule has 0 spiro atoms. The summed E-state index contributed by atoms with van der Waals surface area (Å²) in [6.45, 7) is 5.93.